The first kappa shape index (κ1) is 20.9. The van der Waals surface area contributed by atoms with Crippen LogP contribution in [0.5, 0.6) is 11.5 Å². The van der Waals surface area contributed by atoms with Crippen LogP contribution in [0.25, 0.3) is 11.5 Å². The Morgan fingerprint density at radius 2 is 2.13 bits per heavy atom. The average Bonchev–Trinajstić information content (AvgIpc) is 3.45. The summed E-state index contributed by atoms with van der Waals surface area (Å²) in [5.41, 5.74) is 0.683. The van der Waals surface area contributed by atoms with E-state index in [1.165, 1.54) is 0 Å². The molecule has 10 nitrogen and oxygen atoms in total. The molecule has 0 N–H and O–H groups in total. The van der Waals surface area contributed by atoms with Crippen molar-refractivity contribution in [1.82, 2.24) is 15.1 Å². The Morgan fingerprint density at radius 1 is 1.30 bits per heavy atom. The molecule has 2 aliphatic rings. The quantitative estimate of drug-likeness (QED) is 0.537. The average molecular weight is 456 g/mol. The van der Waals surface area contributed by atoms with Crippen molar-refractivity contribution in [2.45, 2.75) is 17.7 Å². The summed E-state index contributed by atoms with van der Waals surface area (Å²) in [4.78, 5) is 14.3. The summed E-state index contributed by atoms with van der Waals surface area (Å²) in [5, 5.41) is 8.26. The van der Waals surface area contributed by atoms with Crippen molar-refractivity contribution in [3.05, 3.63) is 18.2 Å². The maximum absolute atomic E-state index is 12.8. The van der Waals surface area contributed by atoms with Gasteiger partial charge in [0, 0.05) is 25.3 Å². The maximum Gasteiger partial charge on any atom is 0.277 e. The Morgan fingerprint density at radius 3 is 2.90 bits per heavy atom. The molecule has 4 rings (SSSR count). The van der Waals surface area contributed by atoms with E-state index >= 15 is 0 Å². The van der Waals surface area contributed by atoms with Crippen LogP contribution in [0, 0.1) is 0 Å². The van der Waals surface area contributed by atoms with E-state index in [9.17, 15) is 13.2 Å². The van der Waals surface area contributed by atoms with Gasteiger partial charge < -0.3 is 23.5 Å². The topological polar surface area (TPSA) is 121 Å². The summed E-state index contributed by atoms with van der Waals surface area (Å²) in [6, 6.07) is 4.97. The van der Waals surface area contributed by atoms with Crippen LogP contribution in [0.4, 0.5) is 0 Å². The standard InChI is InChI=1S/C18H21N3O7S2/c1-25-6-5-21(13-4-7-30(23,24)10-13)16(22)9-29-18-20-19-17(28-18)12-2-3-14-15(8-12)27-11-26-14/h2-3,8,13H,4-7,9-11H2,1H3. The van der Waals surface area contributed by atoms with Crippen LogP contribution in [-0.4, -0.2) is 79.8 Å². The van der Waals surface area contributed by atoms with Crippen LogP contribution >= 0.6 is 11.8 Å². The smallest absolute Gasteiger partial charge is 0.277 e. The maximum atomic E-state index is 12.8. The summed E-state index contributed by atoms with van der Waals surface area (Å²) >= 11 is 1.11. The summed E-state index contributed by atoms with van der Waals surface area (Å²) in [6.45, 7) is 0.845. The van der Waals surface area contributed by atoms with E-state index in [0.717, 1.165) is 11.8 Å². The van der Waals surface area contributed by atoms with Gasteiger partial charge in [0.15, 0.2) is 21.3 Å². The first-order chi connectivity index (χ1) is 14.4. The molecule has 1 atom stereocenters. The number of benzene rings is 1. The summed E-state index contributed by atoms with van der Waals surface area (Å²) in [7, 11) is -1.56. The molecule has 12 heteroatoms. The van der Waals surface area contributed by atoms with Crippen molar-refractivity contribution >= 4 is 27.5 Å². The minimum absolute atomic E-state index is 0.0120. The van der Waals surface area contributed by atoms with Crippen molar-refractivity contribution in [3.8, 4) is 23.0 Å². The third-order valence-corrected chi connectivity index (χ3v) is 7.40. The summed E-state index contributed by atoms with van der Waals surface area (Å²) in [5.74, 6) is 1.53. The van der Waals surface area contributed by atoms with E-state index in [2.05, 4.69) is 10.2 Å². The second-order valence-corrected chi connectivity index (χ2v) is 10.0. The predicted octanol–water partition coefficient (Wildman–Crippen LogP) is 1.22. The van der Waals surface area contributed by atoms with E-state index in [4.69, 9.17) is 18.6 Å². The highest BCUT2D eigenvalue weighted by molar-refractivity contribution is 7.99. The second kappa shape index (κ2) is 8.82. The number of thioether (sulfide) groups is 1. The van der Waals surface area contributed by atoms with Crippen LogP contribution in [0.2, 0.25) is 0 Å². The Kier molecular flexibility index (Phi) is 6.16. The Balaban J connectivity index is 1.39. The number of hydrogen-bond acceptors (Lipinski definition) is 10. The highest BCUT2D eigenvalue weighted by Gasteiger charge is 2.34. The number of fused-ring (bicyclic) bond motifs is 1. The molecule has 2 aliphatic heterocycles. The van der Waals surface area contributed by atoms with Crippen molar-refractivity contribution in [3.63, 3.8) is 0 Å². The Labute approximate surface area is 177 Å². The first-order valence-electron chi connectivity index (χ1n) is 9.30. The zero-order valence-corrected chi connectivity index (χ0v) is 17.9. The molecule has 0 aliphatic carbocycles. The molecule has 1 amide bonds. The summed E-state index contributed by atoms with van der Waals surface area (Å²) in [6.07, 6.45) is 0.442. The van der Waals surface area contributed by atoms with Crippen molar-refractivity contribution < 1.29 is 31.8 Å². The molecule has 3 heterocycles. The van der Waals surface area contributed by atoms with E-state index in [1.54, 1.807) is 30.2 Å². The van der Waals surface area contributed by atoms with Gasteiger partial charge in [-0.3, -0.25) is 4.79 Å². The lowest BCUT2D eigenvalue weighted by Gasteiger charge is -2.27. The number of carbonyl (C=O) groups is 1. The Hall–Kier alpha value is -2.31. The van der Waals surface area contributed by atoms with Crippen LogP contribution in [0.1, 0.15) is 6.42 Å². The third-order valence-electron chi connectivity index (χ3n) is 4.85. The van der Waals surface area contributed by atoms with Crippen LogP contribution in [0.15, 0.2) is 27.8 Å². The number of amides is 1. The fourth-order valence-corrected chi connectivity index (χ4v) is 5.72. The predicted molar refractivity (Wildman–Crippen MR) is 107 cm³/mol. The number of carbonyl (C=O) groups excluding carboxylic acids is 1. The fourth-order valence-electron chi connectivity index (χ4n) is 3.34. The van der Waals surface area contributed by atoms with Gasteiger partial charge >= 0.3 is 0 Å². The molecule has 2 aromatic rings. The molecule has 1 unspecified atom stereocenters. The monoisotopic (exact) mass is 455 g/mol. The van der Waals surface area contributed by atoms with Gasteiger partial charge in [-0.15, -0.1) is 10.2 Å². The number of ether oxygens (including phenoxy) is 3. The molecule has 162 valence electrons. The van der Waals surface area contributed by atoms with Gasteiger partial charge in [0.1, 0.15) is 0 Å². The molecule has 1 aromatic carbocycles. The van der Waals surface area contributed by atoms with E-state index in [-0.39, 0.29) is 41.2 Å². The van der Waals surface area contributed by atoms with E-state index in [1.807, 2.05) is 0 Å². The van der Waals surface area contributed by atoms with Crippen LogP contribution in [0.3, 0.4) is 0 Å². The lowest BCUT2D eigenvalue weighted by atomic mass is 10.2. The second-order valence-electron chi connectivity index (χ2n) is 6.87. The molecule has 0 saturated carbocycles. The molecule has 0 radical (unpaired) electrons. The number of aromatic nitrogens is 2. The summed E-state index contributed by atoms with van der Waals surface area (Å²) < 4.78 is 45.0. The minimum Gasteiger partial charge on any atom is -0.454 e. The molecular formula is C18H21N3O7S2. The number of hydrogen-bond donors (Lipinski definition) is 0. The first-order valence-corrected chi connectivity index (χ1v) is 12.1. The molecular weight excluding hydrogens is 434 g/mol. The van der Waals surface area contributed by atoms with Crippen LogP contribution < -0.4 is 9.47 Å². The molecule has 1 saturated heterocycles. The highest BCUT2D eigenvalue weighted by Crippen LogP contribution is 2.36. The zero-order valence-electron chi connectivity index (χ0n) is 16.3. The SMILES string of the molecule is COCCN(C(=O)CSc1nnc(-c2ccc3c(c2)OCO3)o1)C1CCS(=O)(=O)C1. The van der Waals surface area contributed by atoms with Crippen molar-refractivity contribution in [2.75, 3.05) is 44.3 Å². The number of rotatable bonds is 8. The van der Waals surface area contributed by atoms with Gasteiger partial charge in [0.05, 0.1) is 23.9 Å². The fraction of sp³-hybridized carbons (Fsp3) is 0.500. The Bertz CT molecular complexity index is 1020. The lowest BCUT2D eigenvalue weighted by molar-refractivity contribution is -0.130. The van der Waals surface area contributed by atoms with Gasteiger partial charge in [-0.25, -0.2) is 8.42 Å². The van der Waals surface area contributed by atoms with Crippen molar-refractivity contribution in [1.29, 1.82) is 0 Å². The lowest BCUT2D eigenvalue weighted by Crippen LogP contribution is -2.44. The molecule has 30 heavy (non-hydrogen) atoms. The van der Waals surface area contributed by atoms with Gasteiger partial charge in [0.2, 0.25) is 18.6 Å². The molecule has 0 spiro atoms. The molecule has 1 aromatic heterocycles. The van der Waals surface area contributed by atoms with Crippen molar-refractivity contribution in [2.24, 2.45) is 0 Å². The van der Waals surface area contributed by atoms with Crippen LogP contribution in [-0.2, 0) is 19.4 Å². The largest absolute Gasteiger partial charge is 0.454 e. The van der Waals surface area contributed by atoms with E-state index < -0.39 is 9.84 Å². The van der Waals surface area contributed by atoms with E-state index in [0.29, 0.717) is 42.5 Å². The number of sulfone groups is 1. The number of nitrogens with zero attached hydrogens (tertiary/aromatic N) is 3. The molecule has 1 fully saturated rings. The minimum atomic E-state index is -3.10. The van der Waals surface area contributed by atoms with Gasteiger partial charge in [-0.05, 0) is 24.6 Å². The highest BCUT2D eigenvalue weighted by atomic mass is 32.2. The van der Waals surface area contributed by atoms with Gasteiger partial charge in [-0.1, -0.05) is 11.8 Å². The zero-order chi connectivity index (χ0) is 21.1. The van der Waals surface area contributed by atoms with Gasteiger partial charge in [0.25, 0.3) is 5.22 Å². The third kappa shape index (κ3) is 4.71. The van der Waals surface area contributed by atoms with Gasteiger partial charge in [-0.2, -0.15) is 0 Å². The number of methoxy groups -OCH3 is 1. The normalized spacial score (nSPS) is 19.2. The molecule has 0 bridgehead atoms.